The minimum atomic E-state index is -0.413. The van der Waals surface area contributed by atoms with Crippen molar-refractivity contribution in [2.24, 2.45) is 0 Å². The maximum atomic E-state index is 13.5. The molecular formula is C18H17FN6O. The molecule has 0 aliphatic carbocycles. The highest BCUT2D eigenvalue weighted by Crippen LogP contribution is 2.19. The van der Waals surface area contributed by atoms with Crippen LogP contribution in [0.3, 0.4) is 0 Å². The summed E-state index contributed by atoms with van der Waals surface area (Å²) >= 11 is 0. The fraction of sp³-hybridized carbons (Fsp3) is 0.167. The van der Waals surface area contributed by atoms with E-state index in [4.69, 9.17) is 4.74 Å². The summed E-state index contributed by atoms with van der Waals surface area (Å²) in [5, 5.41) is 22.2. The molecule has 3 N–H and O–H groups in total. The Morgan fingerprint density at radius 2 is 2.08 bits per heavy atom. The highest BCUT2D eigenvalue weighted by atomic mass is 19.1. The molecule has 2 heterocycles. The van der Waals surface area contributed by atoms with Crippen LogP contribution in [-0.2, 0) is 0 Å². The van der Waals surface area contributed by atoms with Crippen LogP contribution < -0.4 is 15.4 Å². The van der Waals surface area contributed by atoms with E-state index >= 15 is 0 Å². The highest BCUT2D eigenvalue weighted by Gasteiger charge is 2.07. The molecule has 0 bridgehead atoms. The van der Waals surface area contributed by atoms with E-state index in [1.807, 2.05) is 13.0 Å². The van der Waals surface area contributed by atoms with Gasteiger partial charge in [0.1, 0.15) is 24.3 Å². The zero-order chi connectivity index (χ0) is 18.4. The van der Waals surface area contributed by atoms with Crippen LogP contribution in [-0.4, -0.2) is 28.3 Å². The van der Waals surface area contributed by atoms with Crippen LogP contribution in [0.2, 0.25) is 0 Å². The third-order valence-electron chi connectivity index (χ3n) is 3.47. The minimum absolute atomic E-state index is 0.187. The summed E-state index contributed by atoms with van der Waals surface area (Å²) in [5.41, 5.74) is 1.32. The number of nitrogens with one attached hydrogen (secondary N) is 3. The summed E-state index contributed by atoms with van der Waals surface area (Å²) < 4.78 is 18.9. The lowest BCUT2D eigenvalue weighted by atomic mass is 10.2. The van der Waals surface area contributed by atoms with Gasteiger partial charge < -0.3 is 15.4 Å². The Bertz CT molecular complexity index is 933. The van der Waals surface area contributed by atoms with Crippen molar-refractivity contribution in [1.82, 2.24) is 15.2 Å². The summed E-state index contributed by atoms with van der Waals surface area (Å²) in [7, 11) is 0. The second-order valence-corrected chi connectivity index (χ2v) is 5.47. The molecule has 3 rings (SSSR count). The molecule has 0 aliphatic rings. The first-order valence-electron chi connectivity index (χ1n) is 7.97. The number of aromatic amines is 1. The average Bonchev–Trinajstić information content (AvgIpc) is 3.05. The van der Waals surface area contributed by atoms with Gasteiger partial charge >= 0.3 is 0 Å². The van der Waals surface area contributed by atoms with E-state index in [1.165, 1.54) is 6.07 Å². The monoisotopic (exact) mass is 352 g/mol. The van der Waals surface area contributed by atoms with Gasteiger partial charge in [-0.05, 0) is 31.2 Å². The number of nitriles is 1. The average molecular weight is 352 g/mol. The summed E-state index contributed by atoms with van der Waals surface area (Å²) in [4.78, 5) is 4.38. The van der Waals surface area contributed by atoms with Crippen LogP contribution in [0, 0.1) is 24.1 Å². The SMILES string of the molecule is Cc1cc(Nc2ccc(C#N)c(NCCOc3ccccc3F)n2)n[nH]1. The number of H-pyrrole nitrogens is 1. The van der Waals surface area contributed by atoms with Crippen LogP contribution in [0.15, 0.2) is 42.5 Å². The van der Waals surface area contributed by atoms with Crippen LogP contribution in [0.4, 0.5) is 21.8 Å². The lowest BCUT2D eigenvalue weighted by molar-refractivity contribution is 0.315. The lowest BCUT2D eigenvalue weighted by Gasteiger charge is -2.11. The molecule has 2 aromatic heterocycles. The van der Waals surface area contributed by atoms with Crippen LogP contribution in [0.1, 0.15) is 11.3 Å². The normalized spacial score (nSPS) is 10.2. The minimum Gasteiger partial charge on any atom is -0.489 e. The maximum Gasteiger partial charge on any atom is 0.165 e. The number of aryl methyl sites for hydroxylation is 1. The summed E-state index contributed by atoms with van der Waals surface area (Å²) in [6.45, 7) is 2.48. The third-order valence-corrected chi connectivity index (χ3v) is 3.47. The predicted molar refractivity (Wildman–Crippen MR) is 95.9 cm³/mol. The first-order chi connectivity index (χ1) is 12.7. The van der Waals surface area contributed by atoms with Crippen molar-refractivity contribution in [3.8, 4) is 11.8 Å². The van der Waals surface area contributed by atoms with E-state index in [9.17, 15) is 9.65 Å². The van der Waals surface area contributed by atoms with Crippen molar-refractivity contribution in [1.29, 1.82) is 5.26 Å². The maximum absolute atomic E-state index is 13.5. The number of halogens is 1. The summed E-state index contributed by atoms with van der Waals surface area (Å²) in [6.07, 6.45) is 0. The number of aromatic nitrogens is 3. The Morgan fingerprint density at radius 1 is 1.23 bits per heavy atom. The van der Waals surface area contributed by atoms with Gasteiger partial charge in [0, 0.05) is 11.8 Å². The van der Waals surface area contributed by atoms with Gasteiger partial charge in [0.2, 0.25) is 0 Å². The fourth-order valence-electron chi connectivity index (χ4n) is 2.26. The third kappa shape index (κ3) is 4.27. The van der Waals surface area contributed by atoms with E-state index in [1.54, 1.807) is 30.3 Å². The number of hydrogen-bond acceptors (Lipinski definition) is 6. The molecular weight excluding hydrogens is 335 g/mol. The molecule has 0 aliphatic heterocycles. The number of para-hydroxylation sites is 1. The molecule has 3 aromatic rings. The van der Waals surface area contributed by atoms with Gasteiger partial charge in [0.25, 0.3) is 0 Å². The molecule has 0 saturated carbocycles. The number of nitrogens with zero attached hydrogens (tertiary/aromatic N) is 3. The zero-order valence-corrected chi connectivity index (χ0v) is 14.1. The fourth-order valence-corrected chi connectivity index (χ4v) is 2.26. The number of rotatable bonds is 7. The number of benzene rings is 1. The van der Waals surface area contributed by atoms with Gasteiger partial charge in [-0.15, -0.1) is 0 Å². The molecule has 26 heavy (non-hydrogen) atoms. The Balaban J connectivity index is 1.61. The van der Waals surface area contributed by atoms with Gasteiger partial charge in [-0.1, -0.05) is 12.1 Å². The Kier molecular flexibility index (Phi) is 5.29. The predicted octanol–water partition coefficient (Wildman–Crippen LogP) is 3.36. The van der Waals surface area contributed by atoms with Crippen molar-refractivity contribution < 1.29 is 9.13 Å². The first kappa shape index (κ1) is 17.2. The lowest BCUT2D eigenvalue weighted by Crippen LogP contribution is -2.14. The largest absolute Gasteiger partial charge is 0.489 e. The van der Waals surface area contributed by atoms with E-state index in [0.717, 1.165) is 5.69 Å². The molecule has 132 valence electrons. The number of ether oxygens (including phenoxy) is 1. The van der Waals surface area contributed by atoms with Crippen LogP contribution in [0.25, 0.3) is 0 Å². The van der Waals surface area contributed by atoms with E-state index in [-0.39, 0.29) is 12.4 Å². The molecule has 0 unspecified atom stereocenters. The second-order valence-electron chi connectivity index (χ2n) is 5.47. The Labute approximate surface area is 149 Å². The van der Waals surface area contributed by atoms with Gasteiger partial charge in [0.05, 0.1) is 12.1 Å². The quantitative estimate of drug-likeness (QED) is 0.564. The molecule has 0 spiro atoms. The molecule has 0 saturated heterocycles. The summed E-state index contributed by atoms with van der Waals surface area (Å²) in [5.74, 6) is 1.37. The zero-order valence-electron chi connectivity index (χ0n) is 14.1. The molecule has 0 fully saturated rings. The van der Waals surface area contributed by atoms with Gasteiger partial charge in [0.15, 0.2) is 17.4 Å². The Morgan fingerprint density at radius 3 is 2.81 bits per heavy atom. The molecule has 0 radical (unpaired) electrons. The Hall–Kier alpha value is -3.60. The topological polar surface area (TPSA) is 98.7 Å². The standard InChI is InChI=1S/C18H17FN6O/c1-12-10-17(25-24-12)22-16-7-6-13(11-20)18(23-16)21-8-9-26-15-5-3-2-4-14(15)19/h2-7,10H,8-9H2,1H3,(H3,21,22,23,24,25). The van der Waals surface area contributed by atoms with Crippen molar-refractivity contribution in [3.63, 3.8) is 0 Å². The van der Waals surface area contributed by atoms with Crippen LogP contribution >= 0.6 is 0 Å². The van der Waals surface area contributed by atoms with Crippen molar-refractivity contribution >= 4 is 17.5 Å². The van der Waals surface area contributed by atoms with Crippen molar-refractivity contribution in [2.45, 2.75) is 6.92 Å². The van der Waals surface area contributed by atoms with E-state index < -0.39 is 5.82 Å². The van der Waals surface area contributed by atoms with Gasteiger partial charge in [-0.3, -0.25) is 5.10 Å². The van der Waals surface area contributed by atoms with Crippen LogP contribution in [0.5, 0.6) is 5.75 Å². The van der Waals surface area contributed by atoms with Gasteiger partial charge in [-0.25, -0.2) is 9.37 Å². The molecule has 0 amide bonds. The van der Waals surface area contributed by atoms with Gasteiger partial charge in [-0.2, -0.15) is 10.4 Å². The summed E-state index contributed by atoms with van der Waals surface area (Å²) in [6, 6.07) is 13.5. The van der Waals surface area contributed by atoms with E-state index in [0.29, 0.717) is 29.6 Å². The molecule has 1 aromatic carbocycles. The number of pyridine rings is 1. The van der Waals surface area contributed by atoms with Crippen molar-refractivity contribution in [2.75, 3.05) is 23.8 Å². The number of hydrogen-bond donors (Lipinski definition) is 3. The smallest absolute Gasteiger partial charge is 0.165 e. The van der Waals surface area contributed by atoms with E-state index in [2.05, 4.69) is 31.9 Å². The highest BCUT2D eigenvalue weighted by molar-refractivity contribution is 5.60. The molecule has 0 atom stereocenters. The molecule has 8 heteroatoms. The van der Waals surface area contributed by atoms with Crippen molar-refractivity contribution in [3.05, 3.63) is 59.5 Å². The molecule has 7 nitrogen and oxygen atoms in total. The number of anilines is 3. The first-order valence-corrected chi connectivity index (χ1v) is 7.97. The second kappa shape index (κ2) is 7.98.